The van der Waals surface area contributed by atoms with Gasteiger partial charge in [0.05, 0.1) is 10.8 Å². The van der Waals surface area contributed by atoms with Gasteiger partial charge in [0.1, 0.15) is 11.5 Å². The molecular formula is C62H46O. The first-order valence-electron chi connectivity index (χ1n) is 22.1. The van der Waals surface area contributed by atoms with Gasteiger partial charge in [0.25, 0.3) is 0 Å². The van der Waals surface area contributed by atoms with Crippen LogP contribution in [0.4, 0.5) is 0 Å². The first kappa shape index (κ1) is 37.3. The lowest BCUT2D eigenvalue weighted by atomic mass is 9.67. The van der Waals surface area contributed by atoms with Crippen LogP contribution in [0.15, 0.2) is 206 Å². The van der Waals surface area contributed by atoms with E-state index in [0.29, 0.717) is 0 Å². The highest BCUT2D eigenvalue weighted by Gasteiger charge is 2.48. The molecule has 63 heavy (non-hydrogen) atoms. The molecule has 0 saturated heterocycles. The van der Waals surface area contributed by atoms with E-state index in [4.69, 9.17) is 4.74 Å². The minimum absolute atomic E-state index is 0.504. The van der Waals surface area contributed by atoms with Gasteiger partial charge in [-0.2, -0.15) is 0 Å². The Balaban J connectivity index is 0.969. The van der Waals surface area contributed by atoms with Gasteiger partial charge in [0.15, 0.2) is 0 Å². The lowest BCUT2D eigenvalue weighted by Gasteiger charge is -2.34. The Morgan fingerprint density at radius 3 is 1.02 bits per heavy atom. The van der Waals surface area contributed by atoms with Crippen LogP contribution in [-0.4, -0.2) is 0 Å². The number of rotatable bonds is 6. The molecule has 300 valence electrons. The number of aryl methyl sites for hydroxylation is 4. The smallest absolute Gasteiger partial charge is 0.127 e. The van der Waals surface area contributed by atoms with Crippen molar-refractivity contribution in [3.63, 3.8) is 0 Å². The highest BCUT2D eigenvalue weighted by Crippen LogP contribution is 2.59. The molecule has 0 saturated carbocycles. The Bertz CT molecular complexity index is 3230. The van der Waals surface area contributed by atoms with Crippen molar-refractivity contribution >= 4 is 21.5 Å². The molecule has 2 atom stereocenters. The third-order valence-electron chi connectivity index (χ3n) is 14.5. The summed E-state index contributed by atoms with van der Waals surface area (Å²) in [7, 11) is 0. The van der Waals surface area contributed by atoms with Gasteiger partial charge in [0.2, 0.25) is 0 Å². The van der Waals surface area contributed by atoms with Crippen molar-refractivity contribution in [2.45, 2.75) is 38.5 Å². The summed E-state index contributed by atoms with van der Waals surface area (Å²) in [6.07, 6.45) is 0. The molecule has 0 spiro atoms. The second kappa shape index (κ2) is 14.0. The summed E-state index contributed by atoms with van der Waals surface area (Å²) in [5.74, 6) is 1.61. The second-order valence-electron chi connectivity index (χ2n) is 17.8. The van der Waals surface area contributed by atoms with Crippen LogP contribution in [0.2, 0.25) is 0 Å². The predicted octanol–water partition coefficient (Wildman–Crippen LogP) is 15.7. The van der Waals surface area contributed by atoms with Crippen molar-refractivity contribution in [3.05, 3.63) is 273 Å². The summed E-state index contributed by atoms with van der Waals surface area (Å²) in [5.41, 5.74) is 19.6. The Kier molecular flexibility index (Phi) is 8.30. The van der Waals surface area contributed by atoms with Crippen LogP contribution in [0.25, 0.3) is 43.8 Å². The third-order valence-corrected chi connectivity index (χ3v) is 14.5. The van der Waals surface area contributed by atoms with E-state index in [9.17, 15) is 0 Å². The predicted molar refractivity (Wildman–Crippen MR) is 262 cm³/mol. The number of benzene rings is 10. The first-order chi connectivity index (χ1) is 30.8. The van der Waals surface area contributed by atoms with E-state index < -0.39 is 10.8 Å². The van der Waals surface area contributed by atoms with Gasteiger partial charge < -0.3 is 4.74 Å². The average Bonchev–Trinajstić information content (AvgIpc) is 3.77. The summed E-state index contributed by atoms with van der Waals surface area (Å²) >= 11 is 0. The van der Waals surface area contributed by atoms with Crippen molar-refractivity contribution in [2.24, 2.45) is 0 Å². The quantitative estimate of drug-likeness (QED) is 0.163. The Morgan fingerprint density at radius 2 is 0.619 bits per heavy atom. The number of hydrogen-bond donors (Lipinski definition) is 0. The van der Waals surface area contributed by atoms with E-state index in [0.717, 1.165) is 11.5 Å². The summed E-state index contributed by atoms with van der Waals surface area (Å²) < 4.78 is 6.75. The van der Waals surface area contributed by atoms with Crippen molar-refractivity contribution in [2.75, 3.05) is 0 Å². The molecule has 2 aliphatic carbocycles. The zero-order chi connectivity index (χ0) is 42.5. The summed E-state index contributed by atoms with van der Waals surface area (Å²) in [6, 6.07) is 76.9. The van der Waals surface area contributed by atoms with Crippen molar-refractivity contribution < 1.29 is 4.74 Å². The average molecular weight is 807 g/mol. The zero-order valence-corrected chi connectivity index (χ0v) is 36.0. The summed E-state index contributed by atoms with van der Waals surface area (Å²) in [4.78, 5) is 0. The molecule has 2 unspecified atom stereocenters. The Morgan fingerprint density at radius 1 is 0.270 bits per heavy atom. The molecule has 10 aromatic carbocycles. The molecule has 1 heteroatoms. The van der Waals surface area contributed by atoms with Gasteiger partial charge in [-0.15, -0.1) is 0 Å². The van der Waals surface area contributed by atoms with E-state index in [2.05, 4.69) is 234 Å². The maximum Gasteiger partial charge on any atom is 0.127 e. The minimum Gasteiger partial charge on any atom is -0.457 e. The normalized spacial score (nSPS) is 17.0. The van der Waals surface area contributed by atoms with Gasteiger partial charge in [0, 0.05) is 0 Å². The Hall–Kier alpha value is -7.48. The van der Waals surface area contributed by atoms with Crippen molar-refractivity contribution in [3.8, 4) is 33.8 Å². The van der Waals surface area contributed by atoms with Gasteiger partial charge in [-0.3, -0.25) is 0 Å². The van der Waals surface area contributed by atoms with Crippen molar-refractivity contribution in [1.82, 2.24) is 0 Å². The molecule has 10 aromatic rings. The molecule has 0 amide bonds. The standard InChI is InChI=1S/C62H46O/c1-39-21-23-49(33-41(39)3)61(57-19-11-9-17-53(57)55-35-43-13-5-7-15-45(43)37-59(55)61)47-25-29-51(30-26-47)63-52-31-27-48(28-32-52)62(50-24-22-40(2)42(4)34-50)58-20-12-10-18-54(58)56-36-44-14-6-8-16-46(44)38-60(56)62/h5-38H,1-4H3. The fraction of sp³-hybridized carbons (Fsp3) is 0.0968. The van der Waals surface area contributed by atoms with Gasteiger partial charge in [-0.25, -0.2) is 0 Å². The molecule has 2 aliphatic rings. The monoisotopic (exact) mass is 806 g/mol. The molecule has 1 nitrogen and oxygen atoms in total. The van der Waals surface area contributed by atoms with Gasteiger partial charge in [-0.1, -0.05) is 158 Å². The highest BCUT2D eigenvalue weighted by molar-refractivity contribution is 5.97. The van der Waals surface area contributed by atoms with E-state index in [1.165, 1.54) is 111 Å². The lowest BCUT2D eigenvalue weighted by molar-refractivity contribution is 0.481. The second-order valence-corrected chi connectivity index (χ2v) is 17.8. The SMILES string of the molecule is Cc1ccc(C2(c3ccc(Oc4ccc(C5(c6ccc(C)c(C)c6)c6ccccc6-c6cc7ccccc7cc65)cc4)cc3)c3ccccc3-c3cc4ccccc4cc32)cc1C. The molecule has 0 N–H and O–H groups in total. The van der Waals surface area contributed by atoms with Crippen LogP contribution >= 0.6 is 0 Å². The number of fused-ring (bicyclic) bond motifs is 8. The van der Waals surface area contributed by atoms with Crippen LogP contribution in [0.5, 0.6) is 11.5 Å². The van der Waals surface area contributed by atoms with Crippen LogP contribution in [0, 0.1) is 27.7 Å². The molecule has 0 heterocycles. The molecular weight excluding hydrogens is 761 g/mol. The molecule has 0 radical (unpaired) electrons. The topological polar surface area (TPSA) is 9.23 Å². The van der Waals surface area contributed by atoms with Crippen LogP contribution < -0.4 is 4.74 Å². The van der Waals surface area contributed by atoms with E-state index in [1.807, 2.05) is 0 Å². The van der Waals surface area contributed by atoms with E-state index in [1.54, 1.807) is 0 Å². The van der Waals surface area contributed by atoms with E-state index in [-0.39, 0.29) is 0 Å². The fourth-order valence-electron chi connectivity index (χ4n) is 11.1. The van der Waals surface area contributed by atoms with Crippen LogP contribution in [0.1, 0.15) is 66.8 Å². The molecule has 0 fully saturated rings. The van der Waals surface area contributed by atoms with Gasteiger partial charge in [-0.05, 0) is 187 Å². The largest absolute Gasteiger partial charge is 0.457 e. The highest BCUT2D eigenvalue weighted by atomic mass is 16.5. The summed E-state index contributed by atoms with van der Waals surface area (Å²) in [5, 5.41) is 5.01. The van der Waals surface area contributed by atoms with E-state index >= 15 is 0 Å². The number of ether oxygens (including phenoxy) is 1. The molecule has 12 rings (SSSR count). The molecule has 0 aromatic heterocycles. The zero-order valence-electron chi connectivity index (χ0n) is 36.0. The molecule has 0 bridgehead atoms. The minimum atomic E-state index is -0.504. The Labute approximate surface area is 369 Å². The maximum atomic E-state index is 6.75. The maximum absolute atomic E-state index is 6.75. The van der Waals surface area contributed by atoms with Crippen LogP contribution in [0.3, 0.4) is 0 Å². The van der Waals surface area contributed by atoms with Gasteiger partial charge >= 0.3 is 0 Å². The van der Waals surface area contributed by atoms with Crippen molar-refractivity contribution in [1.29, 1.82) is 0 Å². The lowest BCUT2D eigenvalue weighted by Crippen LogP contribution is -2.28. The summed E-state index contributed by atoms with van der Waals surface area (Å²) in [6.45, 7) is 8.86. The first-order valence-corrected chi connectivity index (χ1v) is 22.1. The van der Waals surface area contributed by atoms with Crippen LogP contribution in [-0.2, 0) is 10.8 Å². The third kappa shape index (κ3) is 5.42. The number of hydrogen-bond acceptors (Lipinski definition) is 1. The molecule has 0 aliphatic heterocycles. The fourth-order valence-corrected chi connectivity index (χ4v) is 11.1.